The third-order valence-corrected chi connectivity index (χ3v) is 7.71. The second kappa shape index (κ2) is 13.6. The van der Waals surface area contributed by atoms with Gasteiger partial charge in [-0.2, -0.15) is 0 Å². The van der Waals surface area contributed by atoms with Gasteiger partial charge >= 0.3 is 0 Å². The molecule has 4 heterocycles. The van der Waals surface area contributed by atoms with Crippen LogP contribution in [0.2, 0.25) is 10.0 Å². The molecule has 0 amide bonds. The zero-order chi connectivity index (χ0) is 29.1. The maximum absolute atomic E-state index is 6.25. The number of benzene rings is 2. The van der Waals surface area contributed by atoms with Crippen LogP contribution in [-0.2, 0) is 0 Å². The van der Waals surface area contributed by atoms with Crippen LogP contribution in [0.25, 0.3) is 43.9 Å². The molecular formula is C32H31Cl3N6O2. The van der Waals surface area contributed by atoms with Gasteiger partial charge in [0.25, 0.3) is 0 Å². The number of halogens is 3. The van der Waals surface area contributed by atoms with Crippen LogP contribution in [-0.4, -0.2) is 47.2 Å². The molecule has 0 radical (unpaired) electrons. The molecule has 0 saturated heterocycles. The normalized spacial score (nSPS) is 11.2. The Morgan fingerprint density at radius 1 is 0.558 bits per heavy atom. The van der Waals surface area contributed by atoms with Gasteiger partial charge in [-0.1, -0.05) is 36.0 Å². The van der Waals surface area contributed by atoms with Crippen molar-refractivity contribution in [3.8, 4) is 11.8 Å². The molecule has 11 heteroatoms. The van der Waals surface area contributed by atoms with Crippen molar-refractivity contribution < 1.29 is 9.47 Å². The molecule has 0 unspecified atom stereocenters. The molecular weight excluding hydrogens is 607 g/mol. The summed E-state index contributed by atoms with van der Waals surface area (Å²) in [5.74, 6) is 1.11. The number of fused-ring (bicyclic) bond motifs is 4. The minimum Gasteiger partial charge on any atom is -0.481 e. The topological polar surface area (TPSA) is 94.1 Å². The number of hydrogen-bond donors (Lipinski definition) is 2. The van der Waals surface area contributed by atoms with Crippen molar-refractivity contribution in [1.29, 1.82) is 0 Å². The SMILES string of the molecule is COc1ccc2nc3cc(Cl)ccc3c(NCCCCCCNc3c4ccc(Cl)cc4nc4ccc(OC)nc34)c2n1.Cl. The fraction of sp³-hybridized carbons (Fsp3) is 0.250. The Morgan fingerprint density at radius 2 is 1.00 bits per heavy atom. The number of hydrogen-bond acceptors (Lipinski definition) is 8. The number of unbranched alkanes of at least 4 members (excludes halogenated alkanes) is 3. The summed E-state index contributed by atoms with van der Waals surface area (Å²) in [5, 5.41) is 10.5. The molecule has 0 atom stereocenters. The Labute approximate surface area is 265 Å². The molecule has 2 aromatic carbocycles. The lowest BCUT2D eigenvalue weighted by molar-refractivity contribution is 0.399. The Bertz CT molecular complexity index is 1780. The first-order valence-electron chi connectivity index (χ1n) is 13.9. The summed E-state index contributed by atoms with van der Waals surface area (Å²) < 4.78 is 10.7. The minimum atomic E-state index is 0. The molecule has 43 heavy (non-hydrogen) atoms. The van der Waals surface area contributed by atoms with Gasteiger partial charge in [0.2, 0.25) is 11.8 Å². The first-order valence-corrected chi connectivity index (χ1v) is 14.7. The maximum atomic E-state index is 6.25. The van der Waals surface area contributed by atoms with Crippen molar-refractivity contribution in [2.75, 3.05) is 37.9 Å². The van der Waals surface area contributed by atoms with Crippen molar-refractivity contribution in [2.24, 2.45) is 0 Å². The zero-order valence-electron chi connectivity index (χ0n) is 23.8. The highest BCUT2D eigenvalue weighted by molar-refractivity contribution is 6.32. The van der Waals surface area contributed by atoms with Crippen LogP contribution in [0, 0.1) is 0 Å². The lowest BCUT2D eigenvalue weighted by Crippen LogP contribution is -2.06. The largest absolute Gasteiger partial charge is 0.481 e. The van der Waals surface area contributed by atoms with Gasteiger partial charge in [-0.3, -0.25) is 0 Å². The van der Waals surface area contributed by atoms with Crippen LogP contribution >= 0.6 is 35.6 Å². The van der Waals surface area contributed by atoms with Crippen molar-refractivity contribution in [3.63, 3.8) is 0 Å². The van der Waals surface area contributed by atoms with E-state index in [1.54, 1.807) is 14.2 Å². The zero-order valence-corrected chi connectivity index (χ0v) is 26.1. The van der Waals surface area contributed by atoms with E-state index in [4.69, 9.17) is 42.6 Å². The number of ether oxygens (including phenoxy) is 2. The molecule has 8 nitrogen and oxygen atoms in total. The van der Waals surface area contributed by atoms with E-state index < -0.39 is 0 Å². The second-order valence-corrected chi connectivity index (χ2v) is 10.9. The number of nitrogens with zero attached hydrogens (tertiary/aromatic N) is 4. The Kier molecular flexibility index (Phi) is 9.70. The molecule has 0 aliphatic heterocycles. The van der Waals surface area contributed by atoms with Gasteiger partial charge in [-0.15, -0.1) is 12.4 Å². The molecule has 4 aromatic heterocycles. The van der Waals surface area contributed by atoms with E-state index in [0.717, 1.165) is 94.0 Å². The number of nitrogens with one attached hydrogen (secondary N) is 2. The summed E-state index contributed by atoms with van der Waals surface area (Å²) in [7, 11) is 3.24. The lowest BCUT2D eigenvalue weighted by Gasteiger charge is -2.14. The summed E-state index contributed by atoms with van der Waals surface area (Å²) in [6, 6.07) is 19.0. The lowest BCUT2D eigenvalue weighted by atomic mass is 10.1. The van der Waals surface area contributed by atoms with E-state index in [1.807, 2.05) is 60.7 Å². The first-order chi connectivity index (χ1) is 20.5. The van der Waals surface area contributed by atoms with Gasteiger partial charge in [0.1, 0.15) is 11.0 Å². The molecule has 0 spiro atoms. The summed E-state index contributed by atoms with van der Waals surface area (Å²) in [5.41, 5.74) is 6.74. The smallest absolute Gasteiger partial charge is 0.213 e. The maximum Gasteiger partial charge on any atom is 0.213 e. The summed E-state index contributed by atoms with van der Waals surface area (Å²) >= 11 is 12.5. The number of methoxy groups -OCH3 is 2. The minimum absolute atomic E-state index is 0. The molecule has 0 bridgehead atoms. The fourth-order valence-electron chi connectivity index (χ4n) is 5.16. The van der Waals surface area contributed by atoms with Crippen LogP contribution in [0.15, 0.2) is 60.7 Å². The van der Waals surface area contributed by atoms with Crippen LogP contribution in [0.4, 0.5) is 11.4 Å². The molecule has 0 fully saturated rings. The first kappa shape index (κ1) is 30.6. The average Bonchev–Trinajstić information content (AvgIpc) is 3.00. The quantitative estimate of drug-likeness (QED) is 0.108. The van der Waals surface area contributed by atoms with Crippen LogP contribution in [0.3, 0.4) is 0 Å². The van der Waals surface area contributed by atoms with Crippen molar-refractivity contribution in [1.82, 2.24) is 19.9 Å². The van der Waals surface area contributed by atoms with Gasteiger partial charge in [-0.05, 0) is 61.4 Å². The van der Waals surface area contributed by atoms with Crippen LogP contribution in [0.1, 0.15) is 25.7 Å². The Hall–Kier alpha value is -3.85. The Balaban J connectivity index is 0.00000368. The highest BCUT2D eigenvalue weighted by Crippen LogP contribution is 2.34. The predicted octanol–water partition coefficient (Wildman–Crippen LogP) is 8.71. The summed E-state index contributed by atoms with van der Waals surface area (Å²) in [6.45, 7) is 1.63. The molecule has 6 aromatic rings. The summed E-state index contributed by atoms with van der Waals surface area (Å²) in [6.07, 6.45) is 4.19. The van der Waals surface area contributed by atoms with E-state index in [0.29, 0.717) is 21.8 Å². The molecule has 6 rings (SSSR count). The van der Waals surface area contributed by atoms with Gasteiger partial charge in [0.15, 0.2) is 0 Å². The number of pyridine rings is 4. The van der Waals surface area contributed by atoms with Crippen molar-refractivity contribution in [2.45, 2.75) is 25.7 Å². The molecule has 0 aliphatic carbocycles. The van der Waals surface area contributed by atoms with E-state index >= 15 is 0 Å². The van der Waals surface area contributed by atoms with Gasteiger partial charge in [-0.25, -0.2) is 19.9 Å². The fourth-order valence-corrected chi connectivity index (χ4v) is 5.50. The van der Waals surface area contributed by atoms with Gasteiger partial charge in [0.05, 0.1) is 47.7 Å². The monoisotopic (exact) mass is 636 g/mol. The van der Waals surface area contributed by atoms with Gasteiger partial charge in [0, 0.05) is 46.0 Å². The average molecular weight is 638 g/mol. The van der Waals surface area contributed by atoms with E-state index in [9.17, 15) is 0 Å². The van der Waals surface area contributed by atoms with E-state index in [1.165, 1.54) is 0 Å². The highest BCUT2D eigenvalue weighted by atomic mass is 35.5. The summed E-state index contributed by atoms with van der Waals surface area (Å²) in [4.78, 5) is 18.9. The molecule has 2 N–H and O–H groups in total. The van der Waals surface area contributed by atoms with Gasteiger partial charge < -0.3 is 20.1 Å². The molecule has 0 aliphatic rings. The number of aromatic nitrogens is 4. The van der Waals surface area contributed by atoms with E-state index in [-0.39, 0.29) is 12.4 Å². The molecule has 222 valence electrons. The highest BCUT2D eigenvalue weighted by Gasteiger charge is 2.13. The van der Waals surface area contributed by atoms with Crippen molar-refractivity contribution in [3.05, 3.63) is 70.7 Å². The van der Waals surface area contributed by atoms with Crippen molar-refractivity contribution >= 4 is 90.9 Å². The van der Waals surface area contributed by atoms with Crippen LogP contribution < -0.4 is 20.1 Å². The Morgan fingerprint density at radius 3 is 1.42 bits per heavy atom. The third-order valence-electron chi connectivity index (χ3n) is 7.24. The number of anilines is 2. The van der Waals surface area contributed by atoms with Crippen LogP contribution in [0.5, 0.6) is 11.8 Å². The third kappa shape index (κ3) is 6.56. The second-order valence-electron chi connectivity index (χ2n) is 10.0. The molecule has 0 saturated carbocycles. The predicted molar refractivity (Wildman–Crippen MR) is 180 cm³/mol. The van der Waals surface area contributed by atoms with E-state index in [2.05, 4.69) is 20.6 Å². The standard InChI is InChI=1S/C32H30Cl2N6O2.ClH/c1-41-27-13-11-23-31(39-27)29(21-9-7-19(33)17-25(21)37-23)35-15-5-3-4-6-16-36-30-22-10-8-20(34)18-26(22)38-24-12-14-28(42-2)40-32(24)30;/h7-14,17-18H,3-6,15-16H2,1-2H3,(H,35,37)(H,36,38);1H. The number of rotatable bonds is 11.